The number of methoxy groups -OCH3 is 1. The second kappa shape index (κ2) is 5.26. The number of halogens is 1. The van der Waals surface area contributed by atoms with Crippen LogP contribution in [0.15, 0.2) is 18.2 Å². The Hall–Kier alpha value is -2.11. The third kappa shape index (κ3) is 2.67. The lowest BCUT2D eigenvalue weighted by Gasteiger charge is -2.16. The van der Waals surface area contributed by atoms with Crippen molar-refractivity contribution in [1.29, 1.82) is 0 Å². The molecule has 19 heavy (non-hydrogen) atoms. The molecule has 1 fully saturated rings. The summed E-state index contributed by atoms with van der Waals surface area (Å²) in [5.74, 6) is -1.40. The Bertz CT molecular complexity index is 519. The number of rotatable bonds is 2. The van der Waals surface area contributed by atoms with Crippen LogP contribution in [0.2, 0.25) is 0 Å². The molecule has 0 radical (unpaired) electrons. The number of carbonyl (C=O) groups is 2. The van der Waals surface area contributed by atoms with Gasteiger partial charge in [-0.2, -0.15) is 0 Å². The van der Waals surface area contributed by atoms with Crippen LogP contribution in [0.1, 0.15) is 16.8 Å². The van der Waals surface area contributed by atoms with Gasteiger partial charge in [-0.1, -0.05) is 0 Å². The van der Waals surface area contributed by atoms with Gasteiger partial charge in [0.1, 0.15) is 5.82 Å². The zero-order chi connectivity index (χ0) is 14.0. The van der Waals surface area contributed by atoms with Gasteiger partial charge in [-0.25, -0.2) is 4.39 Å². The number of amides is 1. The number of hydrogen-bond acceptors (Lipinski definition) is 4. The highest BCUT2D eigenvalue weighted by Crippen LogP contribution is 2.21. The number of anilines is 1. The molecule has 5 nitrogen and oxygen atoms in total. The van der Waals surface area contributed by atoms with E-state index in [4.69, 9.17) is 5.73 Å². The van der Waals surface area contributed by atoms with Crippen molar-refractivity contribution < 1.29 is 18.7 Å². The minimum absolute atomic E-state index is 0.0606. The number of ether oxygens (including phenoxy) is 1. The second-order valence-electron chi connectivity index (χ2n) is 4.50. The van der Waals surface area contributed by atoms with E-state index in [1.165, 1.54) is 19.2 Å². The first-order chi connectivity index (χ1) is 9.02. The van der Waals surface area contributed by atoms with E-state index < -0.39 is 5.82 Å². The minimum Gasteiger partial charge on any atom is -0.469 e. The number of hydrogen-bond donors (Lipinski definition) is 1. The van der Waals surface area contributed by atoms with Crippen LogP contribution in [0.4, 0.5) is 10.1 Å². The summed E-state index contributed by atoms with van der Waals surface area (Å²) in [6.45, 7) is 0.804. The quantitative estimate of drug-likeness (QED) is 0.641. The van der Waals surface area contributed by atoms with Gasteiger partial charge in [0, 0.05) is 18.7 Å². The molecule has 1 saturated heterocycles. The monoisotopic (exact) mass is 266 g/mol. The van der Waals surface area contributed by atoms with E-state index in [0.717, 1.165) is 6.07 Å². The highest BCUT2D eigenvalue weighted by Gasteiger charge is 2.32. The zero-order valence-corrected chi connectivity index (χ0v) is 10.6. The van der Waals surface area contributed by atoms with Crippen LogP contribution in [0.3, 0.4) is 0 Å². The lowest BCUT2D eigenvalue weighted by molar-refractivity contribution is -0.144. The minimum atomic E-state index is -0.551. The predicted molar refractivity (Wildman–Crippen MR) is 66.8 cm³/mol. The molecule has 0 aliphatic carbocycles. The van der Waals surface area contributed by atoms with Crippen molar-refractivity contribution in [1.82, 2.24) is 4.90 Å². The van der Waals surface area contributed by atoms with Crippen molar-refractivity contribution >= 4 is 17.6 Å². The van der Waals surface area contributed by atoms with Crippen LogP contribution in [-0.4, -0.2) is 37.0 Å². The average molecular weight is 266 g/mol. The van der Waals surface area contributed by atoms with E-state index in [2.05, 4.69) is 4.74 Å². The van der Waals surface area contributed by atoms with E-state index >= 15 is 0 Å². The first-order valence-electron chi connectivity index (χ1n) is 5.95. The van der Waals surface area contributed by atoms with Crippen molar-refractivity contribution in [3.8, 4) is 0 Å². The molecule has 0 bridgehead atoms. The van der Waals surface area contributed by atoms with Gasteiger partial charge in [-0.15, -0.1) is 0 Å². The van der Waals surface area contributed by atoms with Crippen LogP contribution < -0.4 is 5.73 Å². The lowest BCUT2D eigenvalue weighted by Crippen LogP contribution is -2.30. The molecule has 6 heteroatoms. The van der Waals surface area contributed by atoms with Crippen molar-refractivity contribution in [3.63, 3.8) is 0 Å². The largest absolute Gasteiger partial charge is 0.469 e. The number of likely N-dealkylation sites (tertiary alicyclic amines) is 1. The van der Waals surface area contributed by atoms with Crippen LogP contribution in [-0.2, 0) is 9.53 Å². The topological polar surface area (TPSA) is 72.6 Å². The van der Waals surface area contributed by atoms with Gasteiger partial charge >= 0.3 is 5.97 Å². The van der Waals surface area contributed by atoms with Crippen LogP contribution >= 0.6 is 0 Å². The Labute approximate surface area is 110 Å². The number of nitrogens with two attached hydrogens (primary N) is 1. The molecular formula is C13H15FN2O3. The summed E-state index contributed by atoms with van der Waals surface area (Å²) in [5.41, 5.74) is 5.70. The summed E-state index contributed by atoms with van der Waals surface area (Å²) in [6.07, 6.45) is 0.578. The smallest absolute Gasteiger partial charge is 0.310 e. The summed E-state index contributed by atoms with van der Waals surface area (Å²) in [6, 6.07) is 3.86. The molecule has 1 heterocycles. The standard InChI is InChI=1S/C13H15FN2O3/c1-19-13(18)9-4-5-16(7-9)12(17)8-2-3-10(14)11(15)6-8/h2-3,6,9H,4-5,7,15H2,1H3. The molecule has 1 aliphatic rings. The zero-order valence-electron chi connectivity index (χ0n) is 10.6. The van der Waals surface area contributed by atoms with Crippen molar-refractivity contribution in [2.24, 2.45) is 5.92 Å². The maximum absolute atomic E-state index is 13.0. The molecule has 0 aromatic heterocycles. The summed E-state index contributed by atoms with van der Waals surface area (Å²) in [4.78, 5) is 25.1. The van der Waals surface area contributed by atoms with Gasteiger partial charge in [0.2, 0.25) is 0 Å². The molecule has 2 rings (SSSR count). The average Bonchev–Trinajstić information content (AvgIpc) is 2.89. The first kappa shape index (κ1) is 13.3. The van der Waals surface area contributed by atoms with Crippen molar-refractivity contribution in [3.05, 3.63) is 29.6 Å². The molecular weight excluding hydrogens is 251 g/mol. The number of nitrogen functional groups attached to an aromatic ring is 1. The van der Waals surface area contributed by atoms with E-state index in [0.29, 0.717) is 25.1 Å². The fraction of sp³-hybridized carbons (Fsp3) is 0.385. The summed E-state index contributed by atoms with van der Waals surface area (Å²) in [7, 11) is 1.33. The Kier molecular flexibility index (Phi) is 3.69. The Morgan fingerprint density at radius 3 is 2.84 bits per heavy atom. The number of nitrogens with zero attached hydrogens (tertiary/aromatic N) is 1. The summed E-state index contributed by atoms with van der Waals surface area (Å²) in [5, 5.41) is 0. The first-order valence-corrected chi connectivity index (χ1v) is 5.95. The molecule has 1 unspecified atom stereocenters. The predicted octanol–water partition coefficient (Wildman–Crippen LogP) is 1.04. The van der Waals surface area contributed by atoms with Crippen molar-refractivity contribution in [2.45, 2.75) is 6.42 Å². The number of carbonyl (C=O) groups excluding carboxylic acids is 2. The molecule has 1 atom stereocenters. The molecule has 1 aliphatic heterocycles. The summed E-state index contributed by atoms with van der Waals surface area (Å²) < 4.78 is 17.7. The fourth-order valence-electron chi connectivity index (χ4n) is 2.16. The number of esters is 1. The van der Waals surface area contributed by atoms with Crippen LogP contribution in [0, 0.1) is 11.7 Å². The van der Waals surface area contributed by atoms with E-state index in [-0.39, 0.29) is 23.5 Å². The number of benzene rings is 1. The molecule has 102 valence electrons. The highest BCUT2D eigenvalue weighted by atomic mass is 19.1. The molecule has 0 saturated carbocycles. The Morgan fingerprint density at radius 2 is 2.21 bits per heavy atom. The highest BCUT2D eigenvalue weighted by molar-refractivity contribution is 5.95. The van der Waals surface area contributed by atoms with Crippen LogP contribution in [0.5, 0.6) is 0 Å². The van der Waals surface area contributed by atoms with Gasteiger partial charge in [-0.05, 0) is 24.6 Å². The molecule has 2 N–H and O–H groups in total. The normalized spacial score (nSPS) is 18.4. The third-order valence-corrected chi connectivity index (χ3v) is 3.25. The Balaban J connectivity index is 2.09. The molecule has 0 spiro atoms. The maximum Gasteiger partial charge on any atom is 0.310 e. The lowest BCUT2D eigenvalue weighted by atomic mass is 10.1. The third-order valence-electron chi connectivity index (χ3n) is 3.25. The molecule has 1 aromatic rings. The van der Waals surface area contributed by atoms with Gasteiger partial charge < -0.3 is 15.4 Å². The summed E-state index contributed by atoms with van der Waals surface area (Å²) >= 11 is 0. The van der Waals surface area contributed by atoms with Gasteiger partial charge in [0.25, 0.3) is 5.91 Å². The van der Waals surface area contributed by atoms with E-state index in [1.54, 1.807) is 4.90 Å². The molecule has 1 aromatic carbocycles. The molecule has 1 amide bonds. The van der Waals surface area contributed by atoms with Crippen LogP contribution in [0.25, 0.3) is 0 Å². The SMILES string of the molecule is COC(=O)C1CCN(C(=O)c2ccc(F)c(N)c2)C1. The second-order valence-corrected chi connectivity index (χ2v) is 4.50. The van der Waals surface area contributed by atoms with Gasteiger partial charge in [0.15, 0.2) is 0 Å². The van der Waals surface area contributed by atoms with Gasteiger partial charge in [-0.3, -0.25) is 9.59 Å². The van der Waals surface area contributed by atoms with Crippen molar-refractivity contribution in [2.75, 3.05) is 25.9 Å². The Morgan fingerprint density at radius 1 is 1.47 bits per heavy atom. The maximum atomic E-state index is 13.0. The van der Waals surface area contributed by atoms with E-state index in [9.17, 15) is 14.0 Å². The fourth-order valence-corrected chi connectivity index (χ4v) is 2.16. The van der Waals surface area contributed by atoms with Gasteiger partial charge in [0.05, 0.1) is 18.7 Å². The van der Waals surface area contributed by atoms with E-state index in [1.807, 2.05) is 0 Å².